The molecule has 3 nitrogen and oxygen atoms in total. The smallest absolute Gasteiger partial charge is 0.307 e. The standard InChI is InChI=1S/C13H18FNO2/c1-3-15-10(2)8-13(16)17-9-11-6-4-5-7-12(11)14/h4-7,10,15H,3,8-9H2,1-2H3. The van der Waals surface area contributed by atoms with Crippen molar-refractivity contribution in [3.63, 3.8) is 0 Å². The van der Waals surface area contributed by atoms with Gasteiger partial charge in [-0.25, -0.2) is 4.39 Å². The molecule has 1 unspecified atom stereocenters. The summed E-state index contributed by atoms with van der Waals surface area (Å²) in [7, 11) is 0. The normalized spacial score (nSPS) is 12.2. The second kappa shape index (κ2) is 7.01. The molecule has 1 rings (SSSR count). The number of hydrogen-bond acceptors (Lipinski definition) is 3. The number of esters is 1. The Labute approximate surface area is 101 Å². The van der Waals surface area contributed by atoms with Crippen molar-refractivity contribution in [2.45, 2.75) is 32.9 Å². The first kappa shape index (κ1) is 13.6. The zero-order chi connectivity index (χ0) is 12.7. The lowest BCUT2D eigenvalue weighted by Crippen LogP contribution is -2.28. The number of benzene rings is 1. The molecule has 0 aliphatic heterocycles. The maximum absolute atomic E-state index is 13.2. The Balaban J connectivity index is 2.36. The van der Waals surface area contributed by atoms with Gasteiger partial charge in [-0.3, -0.25) is 4.79 Å². The van der Waals surface area contributed by atoms with Gasteiger partial charge in [-0.1, -0.05) is 25.1 Å². The van der Waals surface area contributed by atoms with Crippen LogP contribution in [0.15, 0.2) is 24.3 Å². The van der Waals surface area contributed by atoms with Gasteiger partial charge in [0, 0.05) is 11.6 Å². The van der Waals surface area contributed by atoms with Crippen molar-refractivity contribution in [3.05, 3.63) is 35.6 Å². The number of carbonyl (C=O) groups excluding carboxylic acids is 1. The first-order valence-electron chi connectivity index (χ1n) is 5.76. The van der Waals surface area contributed by atoms with E-state index < -0.39 is 0 Å². The van der Waals surface area contributed by atoms with Gasteiger partial charge < -0.3 is 10.1 Å². The number of rotatable bonds is 6. The summed E-state index contributed by atoms with van der Waals surface area (Å²) >= 11 is 0. The molecular weight excluding hydrogens is 221 g/mol. The lowest BCUT2D eigenvalue weighted by atomic mass is 10.2. The minimum Gasteiger partial charge on any atom is -0.461 e. The third kappa shape index (κ3) is 4.95. The molecule has 94 valence electrons. The van der Waals surface area contributed by atoms with E-state index in [0.29, 0.717) is 12.0 Å². The fourth-order valence-corrected chi connectivity index (χ4v) is 1.50. The number of hydrogen-bond donors (Lipinski definition) is 1. The highest BCUT2D eigenvalue weighted by Crippen LogP contribution is 2.08. The molecule has 0 radical (unpaired) electrons. The molecule has 0 saturated heterocycles. The lowest BCUT2D eigenvalue weighted by Gasteiger charge is -2.11. The zero-order valence-corrected chi connectivity index (χ0v) is 10.2. The molecule has 0 amide bonds. The van der Waals surface area contributed by atoms with E-state index in [4.69, 9.17) is 4.74 Å². The van der Waals surface area contributed by atoms with Gasteiger partial charge in [0.25, 0.3) is 0 Å². The van der Waals surface area contributed by atoms with Crippen molar-refractivity contribution in [1.82, 2.24) is 5.32 Å². The van der Waals surface area contributed by atoms with E-state index in [0.717, 1.165) is 6.54 Å². The van der Waals surface area contributed by atoms with Gasteiger partial charge in [0.15, 0.2) is 0 Å². The molecule has 0 bridgehead atoms. The molecule has 0 fully saturated rings. The van der Waals surface area contributed by atoms with Crippen molar-refractivity contribution in [1.29, 1.82) is 0 Å². The van der Waals surface area contributed by atoms with Crippen molar-refractivity contribution >= 4 is 5.97 Å². The van der Waals surface area contributed by atoms with Gasteiger partial charge >= 0.3 is 5.97 Å². The topological polar surface area (TPSA) is 38.3 Å². The van der Waals surface area contributed by atoms with E-state index in [1.807, 2.05) is 13.8 Å². The van der Waals surface area contributed by atoms with E-state index in [1.165, 1.54) is 6.07 Å². The highest BCUT2D eigenvalue weighted by atomic mass is 19.1. The number of carbonyl (C=O) groups is 1. The zero-order valence-electron chi connectivity index (χ0n) is 10.2. The van der Waals surface area contributed by atoms with Crippen molar-refractivity contribution in [3.8, 4) is 0 Å². The van der Waals surface area contributed by atoms with Gasteiger partial charge in [-0.15, -0.1) is 0 Å². The molecule has 0 aromatic heterocycles. The van der Waals surface area contributed by atoms with E-state index in [9.17, 15) is 9.18 Å². The van der Waals surface area contributed by atoms with Gasteiger partial charge in [-0.2, -0.15) is 0 Å². The second-order valence-electron chi connectivity index (χ2n) is 3.91. The molecule has 0 heterocycles. The van der Waals surface area contributed by atoms with Crippen molar-refractivity contribution in [2.24, 2.45) is 0 Å². The van der Waals surface area contributed by atoms with E-state index in [-0.39, 0.29) is 24.4 Å². The minimum atomic E-state index is -0.347. The molecule has 4 heteroatoms. The Kier molecular flexibility index (Phi) is 5.63. The predicted octanol–water partition coefficient (Wildman–Crippen LogP) is 2.26. The molecule has 0 aliphatic rings. The van der Waals surface area contributed by atoms with Crippen molar-refractivity contribution < 1.29 is 13.9 Å². The van der Waals surface area contributed by atoms with Crippen LogP contribution in [0.4, 0.5) is 4.39 Å². The summed E-state index contributed by atoms with van der Waals surface area (Å²) in [5.41, 5.74) is 0.400. The number of ether oxygens (including phenoxy) is 1. The highest BCUT2D eigenvalue weighted by molar-refractivity contribution is 5.70. The first-order valence-corrected chi connectivity index (χ1v) is 5.76. The molecule has 17 heavy (non-hydrogen) atoms. The molecule has 1 aromatic rings. The quantitative estimate of drug-likeness (QED) is 0.774. The van der Waals surface area contributed by atoms with Crippen LogP contribution in [0.3, 0.4) is 0 Å². The summed E-state index contributed by atoms with van der Waals surface area (Å²) in [5, 5.41) is 3.11. The lowest BCUT2D eigenvalue weighted by molar-refractivity contribution is -0.145. The maximum Gasteiger partial charge on any atom is 0.307 e. The third-order valence-electron chi connectivity index (χ3n) is 2.37. The van der Waals surface area contributed by atoms with Gasteiger partial charge in [-0.05, 0) is 19.5 Å². The predicted molar refractivity (Wildman–Crippen MR) is 64.0 cm³/mol. The third-order valence-corrected chi connectivity index (χ3v) is 2.37. The molecule has 0 spiro atoms. The Morgan fingerprint density at radius 3 is 2.82 bits per heavy atom. The van der Waals surface area contributed by atoms with Crippen LogP contribution in [0, 0.1) is 5.82 Å². The number of nitrogens with one attached hydrogen (secondary N) is 1. The summed E-state index contributed by atoms with van der Waals surface area (Å²) < 4.78 is 18.2. The monoisotopic (exact) mass is 239 g/mol. The molecule has 1 atom stereocenters. The van der Waals surface area contributed by atoms with Crippen LogP contribution >= 0.6 is 0 Å². The second-order valence-corrected chi connectivity index (χ2v) is 3.91. The first-order chi connectivity index (χ1) is 8.13. The molecule has 1 aromatic carbocycles. The highest BCUT2D eigenvalue weighted by Gasteiger charge is 2.10. The SMILES string of the molecule is CCNC(C)CC(=O)OCc1ccccc1F. The van der Waals surface area contributed by atoms with Crippen molar-refractivity contribution in [2.75, 3.05) is 6.54 Å². The minimum absolute atomic E-state index is 0.00957. The Morgan fingerprint density at radius 2 is 2.18 bits per heavy atom. The number of halogens is 1. The van der Waals surface area contributed by atoms with Crippen LogP contribution < -0.4 is 5.32 Å². The summed E-state index contributed by atoms with van der Waals surface area (Å²) in [4.78, 5) is 11.4. The fraction of sp³-hybridized carbons (Fsp3) is 0.462. The van der Waals surface area contributed by atoms with Crippen LogP contribution in [-0.4, -0.2) is 18.6 Å². The van der Waals surface area contributed by atoms with E-state index in [2.05, 4.69) is 5.32 Å². The summed E-state index contributed by atoms with van der Waals surface area (Å²) in [6.45, 7) is 4.68. The van der Waals surface area contributed by atoms with Crippen LogP contribution in [0.5, 0.6) is 0 Å². The van der Waals surface area contributed by atoms with Crippen LogP contribution in [0.25, 0.3) is 0 Å². The van der Waals surface area contributed by atoms with Gasteiger partial charge in [0.2, 0.25) is 0 Å². The largest absolute Gasteiger partial charge is 0.461 e. The average molecular weight is 239 g/mol. The van der Waals surface area contributed by atoms with E-state index in [1.54, 1.807) is 18.2 Å². The van der Waals surface area contributed by atoms with E-state index >= 15 is 0 Å². The molecule has 1 N–H and O–H groups in total. The fourth-order valence-electron chi connectivity index (χ4n) is 1.50. The Bertz CT molecular complexity index is 368. The van der Waals surface area contributed by atoms with Crippen LogP contribution in [0.1, 0.15) is 25.8 Å². The molecular formula is C13H18FNO2. The summed E-state index contributed by atoms with van der Waals surface area (Å²) in [5.74, 6) is -0.665. The van der Waals surface area contributed by atoms with Gasteiger partial charge in [0.05, 0.1) is 6.42 Å². The summed E-state index contributed by atoms with van der Waals surface area (Å²) in [6, 6.07) is 6.36. The molecule has 0 aliphatic carbocycles. The Morgan fingerprint density at radius 1 is 1.47 bits per heavy atom. The molecule has 0 saturated carbocycles. The van der Waals surface area contributed by atoms with Crippen LogP contribution in [-0.2, 0) is 16.1 Å². The van der Waals surface area contributed by atoms with Crippen LogP contribution in [0.2, 0.25) is 0 Å². The average Bonchev–Trinajstić information content (AvgIpc) is 2.28. The maximum atomic E-state index is 13.2. The Hall–Kier alpha value is -1.42. The summed E-state index contributed by atoms with van der Waals surface area (Å²) in [6.07, 6.45) is 0.294. The van der Waals surface area contributed by atoms with Gasteiger partial charge in [0.1, 0.15) is 12.4 Å².